The Bertz CT molecular complexity index is 907. The van der Waals surface area contributed by atoms with E-state index >= 15 is 0 Å². The van der Waals surface area contributed by atoms with E-state index in [0.29, 0.717) is 5.75 Å². The van der Waals surface area contributed by atoms with Gasteiger partial charge in [0, 0.05) is 37.1 Å². The summed E-state index contributed by atoms with van der Waals surface area (Å²) in [5, 5.41) is 3.17. The van der Waals surface area contributed by atoms with Crippen molar-refractivity contribution >= 4 is 29.0 Å². The van der Waals surface area contributed by atoms with Crippen LogP contribution in [0.15, 0.2) is 53.4 Å². The van der Waals surface area contributed by atoms with Crippen LogP contribution in [0.5, 0.6) is 0 Å². The smallest absolute Gasteiger partial charge is 0.234 e. The minimum Gasteiger partial charge on any atom is -0.367 e. The van der Waals surface area contributed by atoms with Crippen LogP contribution in [0.2, 0.25) is 0 Å². The molecule has 2 aromatic rings. The lowest BCUT2D eigenvalue weighted by molar-refractivity contribution is -0.113. The van der Waals surface area contributed by atoms with Crippen molar-refractivity contribution < 1.29 is 4.79 Å². The number of nitrogens with zero attached hydrogens (tertiary/aromatic N) is 2. The molecule has 33 heavy (non-hydrogen) atoms. The average molecular weight is 466 g/mol. The fourth-order valence-electron chi connectivity index (χ4n) is 5.02. The molecule has 1 saturated carbocycles. The predicted octanol–water partition coefficient (Wildman–Crippen LogP) is 6.17. The molecule has 1 saturated heterocycles. The number of nitrogens with one attached hydrogen (secondary N) is 1. The maximum atomic E-state index is 12.7. The first kappa shape index (κ1) is 24.2. The first-order valence-corrected chi connectivity index (χ1v) is 13.5. The zero-order valence-corrected chi connectivity index (χ0v) is 21.3. The van der Waals surface area contributed by atoms with E-state index < -0.39 is 0 Å². The first-order valence-electron chi connectivity index (χ1n) is 12.5. The van der Waals surface area contributed by atoms with E-state index in [-0.39, 0.29) is 11.3 Å². The molecule has 1 aliphatic heterocycles. The fraction of sp³-hybridized carbons (Fsp3) is 0.536. The number of carbonyl (C=O) groups excluding carboxylic acids is 1. The lowest BCUT2D eigenvalue weighted by Crippen LogP contribution is -2.51. The lowest BCUT2D eigenvalue weighted by Gasteiger charge is -2.42. The van der Waals surface area contributed by atoms with Gasteiger partial charge in [0.2, 0.25) is 5.91 Å². The van der Waals surface area contributed by atoms with Gasteiger partial charge in [-0.25, -0.2) is 0 Å². The molecule has 1 aliphatic carbocycles. The van der Waals surface area contributed by atoms with E-state index in [1.807, 2.05) is 12.1 Å². The van der Waals surface area contributed by atoms with Crippen molar-refractivity contribution in [1.29, 1.82) is 0 Å². The summed E-state index contributed by atoms with van der Waals surface area (Å²) in [7, 11) is 0. The highest BCUT2D eigenvalue weighted by Crippen LogP contribution is 2.30. The minimum atomic E-state index is 0.0492. The summed E-state index contributed by atoms with van der Waals surface area (Å²) in [5.74, 6) is 0.465. The molecule has 0 atom stereocenters. The van der Waals surface area contributed by atoms with Crippen LogP contribution >= 0.6 is 11.8 Å². The Morgan fingerprint density at radius 2 is 1.61 bits per heavy atom. The molecule has 4 rings (SSSR count). The molecule has 4 nitrogen and oxygen atoms in total. The van der Waals surface area contributed by atoms with Crippen LogP contribution in [0, 0.1) is 0 Å². The first-order chi connectivity index (χ1) is 15.9. The molecule has 1 N–H and O–H groups in total. The molecule has 0 unspecified atom stereocenters. The highest BCUT2D eigenvalue weighted by atomic mass is 32.2. The molecular formula is C28H39N3OS. The molecule has 0 spiro atoms. The van der Waals surface area contributed by atoms with Gasteiger partial charge in [-0.2, -0.15) is 0 Å². The van der Waals surface area contributed by atoms with Gasteiger partial charge in [-0.3, -0.25) is 9.69 Å². The number of hydrogen-bond donors (Lipinski definition) is 1. The predicted molar refractivity (Wildman–Crippen MR) is 142 cm³/mol. The zero-order chi connectivity index (χ0) is 23.3. The Morgan fingerprint density at radius 3 is 2.27 bits per heavy atom. The highest BCUT2D eigenvalue weighted by Gasteiger charge is 2.26. The van der Waals surface area contributed by atoms with Crippen LogP contribution in [0.25, 0.3) is 0 Å². The number of rotatable bonds is 6. The molecule has 2 fully saturated rings. The van der Waals surface area contributed by atoms with E-state index in [2.05, 4.69) is 72.3 Å². The molecule has 2 aliphatic rings. The highest BCUT2D eigenvalue weighted by molar-refractivity contribution is 8.00. The van der Waals surface area contributed by atoms with Gasteiger partial charge in [0.15, 0.2) is 0 Å². The third-order valence-electron chi connectivity index (χ3n) is 7.01. The second-order valence-corrected chi connectivity index (χ2v) is 11.5. The van der Waals surface area contributed by atoms with Crippen LogP contribution in [0.4, 0.5) is 11.4 Å². The van der Waals surface area contributed by atoms with Gasteiger partial charge in [0.05, 0.1) is 17.1 Å². The molecule has 1 amide bonds. The second-order valence-electron chi connectivity index (χ2n) is 10.4. The van der Waals surface area contributed by atoms with Gasteiger partial charge < -0.3 is 10.2 Å². The van der Waals surface area contributed by atoms with Gasteiger partial charge in [-0.15, -0.1) is 11.8 Å². The van der Waals surface area contributed by atoms with Gasteiger partial charge in [0.1, 0.15) is 0 Å². The zero-order valence-electron chi connectivity index (χ0n) is 20.5. The monoisotopic (exact) mass is 465 g/mol. The van der Waals surface area contributed by atoms with Crippen molar-refractivity contribution in [2.24, 2.45) is 0 Å². The van der Waals surface area contributed by atoms with Crippen molar-refractivity contribution in [3.05, 3.63) is 54.1 Å². The number of piperazine rings is 1. The summed E-state index contributed by atoms with van der Waals surface area (Å²) in [6, 6.07) is 17.6. The van der Waals surface area contributed by atoms with Crippen molar-refractivity contribution in [1.82, 2.24) is 4.90 Å². The minimum absolute atomic E-state index is 0.0492. The molecule has 0 bridgehead atoms. The molecular weight excluding hydrogens is 426 g/mol. The van der Waals surface area contributed by atoms with Crippen LogP contribution < -0.4 is 10.2 Å². The van der Waals surface area contributed by atoms with E-state index in [1.165, 1.54) is 37.7 Å². The van der Waals surface area contributed by atoms with E-state index in [4.69, 9.17) is 0 Å². The summed E-state index contributed by atoms with van der Waals surface area (Å²) >= 11 is 1.59. The number of hydrogen-bond acceptors (Lipinski definition) is 4. The molecule has 0 radical (unpaired) electrons. The van der Waals surface area contributed by atoms with Gasteiger partial charge in [-0.1, -0.05) is 64.3 Å². The van der Waals surface area contributed by atoms with E-state index in [1.54, 1.807) is 11.8 Å². The quantitative estimate of drug-likeness (QED) is 0.518. The standard InChI is InChI=1S/C28H39N3OS/c1-28(2,3)22-13-15-24(16-14-22)33-21-27(32)29-25-11-7-8-12-26(25)31-19-17-30(18-20-31)23-9-5-4-6-10-23/h7-8,11-16,23H,4-6,9-10,17-21H2,1-3H3,(H,29,32). The van der Waals surface area contributed by atoms with E-state index in [9.17, 15) is 4.79 Å². The summed E-state index contributed by atoms with van der Waals surface area (Å²) in [5.41, 5.74) is 3.53. The molecule has 178 valence electrons. The number of amides is 1. The third kappa shape index (κ3) is 6.54. The number of para-hydroxylation sites is 2. The lowest BCUT2D eigenvalue weighted by atomic mass is 9.87. The summed E-state index contributed by atoms with van der Waals surface area (Å²) in [6.45, 7) is 10.9. The van der Waals surface area contributed by atoms with Gasteiger partial charge in [0.25, 0.3) is 0 Å². The Morgan fingerprint density at radius 1 is 0.939 bits per heavy atom. The van der Waals surface area contributed by atoms with Crippen molar-refractivity contribution in [2.75, 3.05) is 42.1 Å². The Hall–Kier alpha value is -1.98. The largest absolute Gasteiger partial charge is 0.367 e. The molecule has 5 heteroatoms. The third-order valence-corrected chi connectivity index (χ3v) is 8.03. The number of thioether (sulfide) groups is 1. The van der Waals surface area contributed by atoms with E-state index in [0.717, 1.165) is 48.5 Å². The van der Waals surface area contributed by atoms with Gasteiger partial charge in [-0.05, 0) is 48.1 Å². The summed E-state index contributed by atoms with van der Waals surface area (Å²) in [4.78, 5) is 19.0. The second kappa shape index (κ2) is 11.0. The topological polar surface area (TPSA) is 35.6 Å². The number of anilines is 2. The van der Waals surface area contributed by atoms with Crippen molar-refractivity contribution in [3.63, 3.8) is 0 Å². The van der Waals surface area contributed by atoms with Crippen LogP contribution in [0.3, 0.4) is 0 Å². The Balaban J connectivity index is 1.30. The van der Waals surface area contributed by atoms with Crippen LogP contribution in [-0.4, -0.2) is 48.8 Å². The molecule has 0 aromatic heterocycles. The summed E-state index contributed by atoms with van der Waals surface area (Å²) < 4.78 is 0. The number of carbonyl (C=O) groups is 1. The Labute approximate surface area is 204 Å². The van der Waals surface area contributed by atoms with Gasteiger partial charge >= 0.3 is 0 Å². The summed E-state index contributed by atoms with van der Waals surface area (Å²) in [6.07, 6.45) is 6.91. The average Bonchev–Trinajstić information content (AvgIpc) is 2.83. The molecule has 2 aromatic carbocycles. The van der Waals surface area contributed by atoms with Crippen LogP contribution in [0.1, 0.15) is 58.4 Å². The normalized spacial score (nSPS) is 18.3. The van der Waals surface area contributed by atoms with Crippen LogP contribution in [-0.2, 0) is 10.2 Å². The van der Waals surface area contributed by atoms with Crippen molar-refractivity contribution in [3.8, 4) is 0 Å². The van der Waals surface area contributed by atoms with Crippen molar-refractivity contribution in [2.45, 2.75) is 69.2 Å². The maximum absolute atomic E-state index is 12.7. The fourth-order valence-corrected chi connectivity index (χ4v) is 5.71. The Kier molecular flexibility index (Phi) is 8.02. The maximum Gasteiger partial charge on any atom is 0.234 e. The SMILES string of the molecule is CC(C)(C)c1ccc(SCC(=O)Nc2ccccc2N2CCN(C3CCCCC3)CC2)cc1. The molecule has 1 heterocycles. The number of benzene rings is 2.